The van der Waals surface area contributed by atoms with E-state index in [2.05, 4.69) is 26.0 Å². The molecule has 0 unspecified atom stereocenters. The number of hydrogen-bond acceptors (Lipinski definition) is 5. The standard InChI is InChI=1S/C18H22BrN3O3S/c19-14-4-3-5-15(12-14)26(23,24)22-10-8-21(9-11-22)13-17-16-6-1-2-7-18(16)25-20-17/h3-5,12H,1-2,6-11,13H2. The van der Waals surface area contributed by atoms with E-state index < -0.39 is 10.0 Å². The molecule has 2 aliphatic rings. The summed E-state index contributed by atoms with van der Waals surface area (Å²) in [6, 6.07) is 6.88. The number of aryl methyl sites for hydroxylation is 1. The van der Waals surface area contributed by atoms with Crippen LogP contribution in [0.25, 0.3) is 0 Å². The van der Waals surface area contributed by atoms with E-state index in [0.717, 1.165) is 35.3 Å². The van der Waals surface area contributed by atoms with Crippen molar-refractivity contribution >= 4 is 26.0 Å². The molecule has 140 valence electrons. The number of aromatic nitrogens is 1. The highest BCUT2D eigenvalue weighted by Crippen LogP contribution is 2.26. The molecule has 0 radical (unpaired) electrons. The minimum Gasteiger partial charge on any atom is -0.361 e. The van der Waals surface area contributed by atoms with Crippen LogP contribution in [0.1, 0.15) is 29.9 Å². The van der Waals surface area contributed by atoms with Gasteiger partial charge in [0.25, 0.3) is 0 Å². The van der Waals surface area contributed by atoms with Crippen molar-refractivity contribution in [2.75, 3.05) is 26.2 Å². The number of piperazine rings is 1. The van der Waals surface area contributed by atoms with E-state index in [0.29, 0.717) is 31.1 Å². The molecule has 1 aliphatic heterocycles. The van der Waals surface area contributed by atoms with Crippen molar-refractivity contribution in [1.82, 2.24) is 14.4 Å². The van der Waals surface area contributed by atoms with Gasteiger partial charge in [-0.3, -0.25) is 4.90 Å². The highest BCUT2D eigenvalue weighted by Gasteiger charge is 2.29. The second kappa shape index (κ2) is 7.42. The lowest BCUT2D eigenvalue weighted by molar-refractivity contribution is 0.177. The fraction of sp³-hybridized carbons (Fsp3) is 0.500. The predicted molar refractivity (Wildman–Crippen MR) is 101 cm³/mol. The Morgan fingerprint density at radius 3 is 2.65 bits per heavy atom. The maximum absolute atomic E-state index is 12.8. The molecular weight excluding hydrogens is 418 g/mol. The summed E-state index contributed by atoms with van der Waals surface area (Å²) in [7, 11) is -3.44. The quantitative estimate of drug-likeness (QED) is 0.732. The van der Waals surface area contributed by atoms with Crippen LogP contribution in [0.2, 0.25) is 0 Å². The van der Waals surface area contributed by atoms with Crippen molar-refractivity contribution in [1.29, 1.82) is 0 Å². The Morgan fingerprint density at radius 1 is 1.12 bits per heavy atom. The molecular formula is C18H22BrN3O3S. The highest BCUT2D eigenvalue weighted by molar-refractivity contribution is 9.10. The zero-order valence-electron chi connectivity index (χ0n) is 14.5. The molecule has 26 heavy (non-hydrogen) atoms. The van der Waals surface area contributed by atoms with Gasteiger partial charge in [0.2, 0.25) is 10.0 Å². The average Bonchev–Trinajstić information content (AvgIpc) is 3.05. The molecule has 1 aliphatic carbocycles. The van der Waals surface area contributed by atoms with E-state index in [1.165, 1.54) is 18.4 Å². The zero-order valence-corrected chi connectivity index (χ0v) is 16.9. The Kier molecular flexibility index (Phi) is 5.18. The lowest BCUT2D eigenvalue weighted by Crippen LogP contribution is -2.48. The topological polar surface area (TPSA) is 66.7 Å². The first-order chi connectivity index (χ1) is 12.5. The van der Waals surface area contributed by atoms with Crippen LogP contribution in [0.3, 0.4) is 0 Å². The van der Waals surface area contributed by atoms with Crippen LogP contribution in [0, 0.1) is 0 Å². The number of hydrogen-bond donors (Lipinski definition) is 0. The van der Waals surface area contributed by atoms with E-state index in [9.17, 15) is 8.42 Å². The van der Waals surface area contributed by atoms with E-state index in [-0.39, 0.29) is 0 Å². The van der Waals surface area contributed by atoms with Crippen molar-refractivity contribution in [3.63, 3.8) is 0 Å². The summed E-state index contributed by atoms with van der Waals surface area (Å²) in [6.45, 7) is 3.14. The largest absolute Gasteiger partial charge is 0.361 e. The van der Waals surface area contributed by atoms with Crippen LogP contribution < -0.4 is 0 Å². The van der Waals surface area contributed by atoms with Gasteiger partial charge in [0.15, 0.2) is 0 Å². The maximum Gasteiger partial charge on any atom is 0.243 e. The van der Waals surface area contributed by atoms with E-state index in [1.54, 1.807) is 22.5 Å². The molecule has 0 atom stereocenters. The predicted octanol–water partition coefficient (Wildman–Crippen LogP) is 2.82. The summed E-state index contributed by atoms with van der Waals surface area (Å²) >= 11 is 3.34. The maximum atomic E-state index is 12.8. The van der Waals surface area contributed by atoms with Gasteiger partial charge in [-0.1, -0.05) is 27.2 Å². The third-order valence-electron chi connectivity index (χ3n) is 5.17. The van der Waals surface area contributed by atoms with Crippen LogP contribution in [-0.4, -0.2) is 49.0 Å². The van der Waals surface area contributed by atoms with E-state index in [4.69, 9.17) is 4.52 Å². The SMILES string of the molecule is O=S(=O)(c1cccc(Br)c1)N1CCN(Cc2noc3c2CCCC3)CC1. The Morgan fingerprint density at radius 2 is 1.88 bits per heavy atom. The van der Waals surface area contributed by atoms with E-state index >= 15 is 0 Å². The Hall–Kier alpha value is -1.22. The van der Waals surface area contributed by atoms with Gasteiger partial charge >= 0.3 is 0 Å². The van der Waals surface area contributed by atoms with Gasteiger partial charge in [-0.2, -0.15) is 4.31 Å². The first-order valence-corrected chi connectivity index (χ1v) is 11.2. The van der Waals surface area contributed by atoms with Gasteiger partial charge < -0.3 is 4.52 Å². The summed E-state index contributed by atoms with van der Waals surface area (Å²) in [5.74, 6) is 1.04. The Bertz CT molecular complexity index is 889. The highest BCUT2D eigenvalue weighted by atomic mass is 79.9. The van der Waals surface area contributed by atoms with Gasteiger partial charge in [-0.15, -0.1) is 0 Å². The first kappa shape index (κ1) is 18.2. The first-order valence-electron chi connectivity index (χ1n) is 8.98. The van der Waals surface area contributed by atoms with Gasteiger partial charge in [0, 0.05) is 49.2 Å². The minimum absolute atomic E-state index is 0.339. The van der Waals surface area contributed by atoms with Crippen molar-refractivity contribution in [2.24, 2.45) is 0 Å². The Balaban J connectivity index is 1.40. The molecule has 0 spiro atoms. The molecule has 8 heteroatoms. The second-order valence-corrected chi connectivity index (χ2v) is 9.73. The summed E-state index contributed by atoms with van der Waals surface area (Å²) in [4.78, 5) is 2.60. The molecule has 6 nitrogen and oxygen atoms in total. The number of sulfonamides is 1. The van der Waals surface area contributed by atoms with Crippen molar-refractivity contribution < 1.29 is 12.9 Å². The molecule has 1 aromatic carbocycles. The second-order valence-electron chi connectivity index (χ2n) is 6.88. The van der Waals surface area contributed by atoms with Crippen LogP contribution in [0.15, 0.2) is 38.2 Å². The smallest absolute Gasteiger partial charge is 0.243 e. The summed E-state index contributed by atoms with van der Waals surface area (Å²) in [6.07, 6.45) is 4.40. The Labute approximate surface area is 162 Å². The third-order valence-corrected chi connectivity index (χ3v) is 7.56. The monoisotopic (exact) mass is 439 g/mol. The fourth-order valence-electron chi connectivity index (χ4n) is 3.69. The van der Waals surface area contributed by atoms with Crippen molar-refractivity contribution in [2.45, 2.75) is 37.1 Å². The van der Waals surface area contributed by atoms with Gasteiger partial charge in [0.05, 0.1) is 4.90 Å². The van der Waals surface area contributed by atoms with Crippen molar-refractivity contribution in [3.05, 3.63) is 45.8 Å². The summed E-state index contributed by atoms with van der Waals surface area (Å²) in [5.41, 5.74) is 2.31. The fourth-order valence-corrected chi connectivity index (χ4v) is 5.71. The number of benzene rings is 1. The number of rotatable bonds is 4. The number of nitrogens with zero attached hydrogens (tertiary/aromatic N) is 3. The molecule has 0 saturated carbocycles. The molecule has 1 fully saturated rings. The van der Waals surface area contributed by atoms with Gasteiger partial charge in [-0.25, -0.2) is 8.42 Å². The molecule has 1 saturated heterocycles. The van der Waals surface area contributed by atoms with Gasteiger partial charge in [-0.05, 0) is 37.5 Å². The normalized spacial score (nSPS) is 19.4. The molecule has 2 aromatic rings. The molecule has 4 rings (SSSR count). The van der Waals surface area contributed by atoms with Gasteiger partial charge in [0.1, 0.15) is 11.5 Å². The van der Waals surface area contributed by atoms with E-state index in [1.807, 2.05) is 6.07 Å². The van der Waals surface area contributed by atoms with Crippen LogP contribution >= 0.6 is 15.9 Å². The zero-order chi connectivity index (χ0) is 18.1. The third kappa shape index (κ3) is 3.60. The summed E-state index contributed by atoms with van der Waals surface area (Å²) < 4.78 is 33.5. The summed E-state index contributed by atoms with van der Waals surface area (Å²) in [5, 5.41) is 4.26. The molecule has 0 bridgehead atoms. The average molecular weight is 440 g/mol. The van der Waals surface area contributed by atoms with Crippen LogP contribution in [0.5, 0.6) is 0 Å². The minimum atomic E-state index is -3.44. The molecule has 0 N–H and O–H groups in total. The number of fused-ring (bicyclic) bond motifs is 1. The molecule has 1 aromatic heterocycles. The van der Waals surface area contributed by atoms with Crippen molar-refractivity contribution in [3.8, 4) is 0 Å². The molecule has 0 amide bonds. The van der Waals surface area contributed by atoms with Crippen LogP contribution in [-0.2, 0) is 29.4 Å². The molecule has 2 heterocycles. The number of halogens is 1. The lowest BCUT2D eigenvalue weighted by atomic mass is 9.96. The van der Waals surface area contributed by atoms with Crippen LogP contribution in [0.4, 0.5) is 0 Å². The lowest BCUT2D eigenvalue weighted by Gasteiger charge is -2.33.